The van der Waals surface area contributed by atoms with Gasteiger partial charge in [0, 0.05) is 21.6 Å². The lowest BCUT2D eigenvalue weighted by atomic mass is 10.1. The van der Waals surface area contributed by atoms with Crippen LogP contribution in [0.1, 0.15) is 18.4 Å². The molecule has 0 saturated heterocycles. The Bertz CT molecular complexity index is 448. The molecule has 0 aliphatic rings. The van der Waals surface area contributed by atoms with Gasteiger partial charge in [0.2, 0.25) is 0 Å². The summed E-state index contributed by atoms with van der Waals surface area (Å²) in [6.07, 6.45) is 5.37. The van der Waals surface area contributed by atoms with Crippen LogP contribution in [0.4, 0.5) is 0 Å². The van der Waals surface area contributed by atoms with Gasteiger partial charge in [0.15, 0.2) is 0 Å². The predicted octanol–water partition coefficient (Wildman–Crippen LogP) is 3.21. The first-order valence-corrected chi connectivity index (χ1v) is 6.06. The largest absolute Gasteiger partial charge is 0.360 e. The normalized spacial score (nSPS) is 11.1. The van der Waals surface area contributed by atoms with Crippen LogP contribution < -0.4 is 5.73 Å². The van der Waals surface area contributed by atoms with Gasteiger partial charge in [-0.1, -0.05) is 6.07 Å². The van der Waals surface area contributed by atoms with Crippen LogP contribution in [0.15, 0.2) is 28.9 Å². The minimum Gasteiger partial charge on any atom is -0.360 e. The molecule has 80 valence electrons. The Kier molecular flexibility index (Phi) is 3.44. The number of hydrogen-bond acceptors (Lipinski definition) is 1. The minimum atomic E-state index is 0.788. The van der Waals surface area contributed by atoms with E-state index in [4.69, 9.17) is 5.73 Å². The molecule has 0 aliphatic carbocycles. The van der Waals surface area contributed by atoms with Gasteiger partial charge in [-0.05, 0) is 59.4 Å². The Morgan fingerprint density at radius 3 is 2.93 bits per heavy atom. The van der Waals surface area contributed by atoms with Crippen molar-refractivity contribution in [1.82, 2.24) is 4.98 Å². The van der Waals surface area contributed by atoms with E-state index in [0.29, 0.717) is 0 Å². The maximum absolute atomic E-state index is 5.48. The number of fused-ring (bicyclic) bond motifs is 1. The highest BCUT2D eigenvalue weighted by molar-refractivity contribution is 9.10. The number of aryl methyl sites for hydroxylation is 1. The van der Waals surface area contributed by atoms with Gasteiger partial charge in [-0.25, -0.2) is 0 Å². The molecule has 0 saturated carbocycles. The lowest BCUT2D eigenvalue weighted by Crippen LogP contribution is -1.98. The highest BCUT2D eigenvalue weighted by atomic mass is 79.9. The van der Waals surface area contributed by atoms with E-state index in [1.807, 2.05) is 6.20 Å². The fourth-order valence-electron chi connectivity index (χ4n) is 1.76. The Labute approximate surface area is 98.0 Å². The van der Waals surface area contributed by atoms with E-state index in [0.717, 1.165) is 23.9 Å². The van der Waals surface area contributed by atoms with E-state index in [2.05, 4.69) is 39.1 Å². The van der Waals surface area contributed by atoms with Crippen LogP contribution in [0, 0.1) is 0 Å². The molecule has 0 bridgehead atoms. The second-order valence-corrected chi connectivity index (χ2v) is 4.62. The summed E-state index contributed by atoms with van der Waals surface area (Å²) in [7, 11) is 0. The van der Waals surface area contributed by atoms with Crippen LogP contribution >= 0.6 is 15.9 Å². The van der Waals surface area contributed by atoms with Crippen LogP contribution in [0.2, 0.25) is 0 Å². The molecule has 0 radical (unpaired) electrons. The first-order valence-electron chi connectivity index (χ1n) is 5.27. The number of aromatic amines is 1. The van der Waals surface area contributed by atoms with Crippen LogP contribution in [0.25, 0.3) is 10.9 Å². The summed E-state index contributed by atoms with van der Waals surface area (Å²) in [4.78, 5) is 3.22. The van der Waals surface area contributed by atoms with Crippen molar-refractivity contribution in [3.8, 4) is 0 Å². The topological polar surface area (TPSA) is 41.8 Å². The molecule has 3 heteroatoms. The van der Waals surface area contributed by atoms with Gasteiger partial charge in [-0.15, -0.1) is 0 Å². The van der Waals surface area contributed by atoms with Gasteiger partial charge in [0.05, 0.1) is 0 Å². The molecule has 1 aromatic heterocycles. The van der Waals surface area contributed by atoms with E-state index >= 15 is 0 Å². The Balaban J connectivity index is 2.18. The van der Waals surface area contributed by atoms with Crippen molar-refractivity contribution in [2.45, 2.75) is 19.3 Å². The maximum Gasteiger partial charge on any atom is 0.0465 e. The van der Waals surface area contributed by atoms with Crippen molar-refractivity contribution >= 4 is 26.8 Å². The van der Waals surface area contributed by atoms with Gasteiger partial charge in [-0.3, -0.25) is 0 Å². The average Bonchev–Trinajstić information content (AvgIpc) is 2.61. The lowest BCUT2D eigenvalue weighted by Gasteiger charge is -2.01. The summed E-state index contributed by atoms with van der Waals surface area (Å²) >= 11 is 3.53. The number of aromatic nitrogens is 1. The molecule has 15 heavy (non-hydrogen) atoms. The zero-order valence-corrected chi connectivity index (χ0v) is 10.2. The number of nitrogens with one attached hydrogen (secondary N) is 1. The van der Waals surface area contributed by atoms with Gasteiger partial charge in [0.1, 0.15) is 0 Å². The third kappa shape index (κ3) is 2.41. The van der Waals surface area contributed by atoms with Crippen LogP contribution in [0.5, 0.6) is 0 Å². The second kappa shape index (κ2) is 4.81. The Morgan fingerprint density at radius 1 is 1.27 bits per heavy atom. The van der Waals surface area contributed by atoms with Gasteiger partial charge < -0.3 is 10.7 Å². The highest BCUT2D eigenvalue weighted by Crippen LogP contribution is 2.24. The van der Waals surface area contributed by atoms with Crippen LogP contribution in [-0.4, -0.2) is 11.5 Å². The fraction of sp³-hybridized carbons (Fsp3) is 0.333. The smallest absolute Gasteiger partial charge is 0.0465 e. The Hall–Kier alpha value is -0.800. The SMILES string of the molecule is NCCCCc1ccc2[nH]cc(Br)c2c1. The quantitative estimate of drug-likeness (QED) is 0.820. The lowest BCUT2D eigenvalue weighted by molar-refractivity contribution is 0.745. The molecule has 0 atom stereocenters. The zero-order chi connectivity index (χ0) is 10.7. The molecular formula is C12H15BrN2. The molecule has 0 spiro atoms. The fourth-order valence-corrected chi connectivity index (χ4v) is 2.21. The monoisotopic (exact) mass is 266 g/mol. The summed E-state index contributed by atoms with van der Waals surface area (Å²) in [6, 6.07) is 6.56. The number of nitrogens with two attached hydrogens (primary N) is 1. The molecule has 2 nitrogen and oxygen atoms in total. The summed E-state index contributed by atoms with van der Waals surface area (Å²) in [5.41, 5.74) is 8.05. The molecule has 2 rings (SSSR count). The third-order valence-electron chi connectivity index (χ3n) is 2.62. The summed E-state index contributed by atoms with van der Waals surface area (Å²) < 4.78 is 1.14. The molecule has 0 amide bonds. The summed E-state index contributed by atoms with van der Waals surface area (Å²) in [5.74, 6) is 0. The van der Waals surface area contributed by atoms with Crippen molar-refractivity contribution in [3.05, 3.63) is 34.4 Å². The number of unbranched alkanes of at least 4 members (excludes halogenated alkanes) is 1. The number of hydrogen-bond donors (Lipinski definition) is 2. The van der Waals surface area contributed by atoms with Crippen molar-refractivity contribution < 1.29 is 0 Å². The molecule has 2 aromatic rings. The van der Waals surface area contributed by atoms with E-state index in [1.165, 1.54) is 22.9 Å². The molecule has 1 heterocycles. The van der Waals surface area contributed by atoms with Gasteiger partial charge in [0.25, 0.3) is 0 Å². The van der Waals surface area contributed by atoms with Crippen molar-refractivity contribution in [3.63, 3.8) is 0 Å². The molecule has 0 unspecified atom stereocenters. The predicted molar refractivity (Wildman–Crippen MR) is 68.0 cm³/mol. The summed E-state index contributed by atoms with van der Waals surface area (Å²) in [6.45, 7) is 0.788. The van der Waals surface area contributed by atoms with Gasteiger partial charge in [-0.2, -0.15) is 0 Å². The standard InChI is InChI=1S/C12H15BrN2/c13-11-8-15-12-5-4-9(7-10(11)12)3-1-2-6-14/h4-5,7-8,15H,1-3,6,14H2. The number of H-pyrrole nitrogens is 1. The van der Waals surface area contributed by atoms with E-state index in [-0.39, 0.29) is 0 Å². The first-order chi connectivity index (χ1) is 7.31. The Morgan fingerprint density at radius 2 is 2.13 bits per heavy atom. The summed E-state index contributed by atoms with van der Waals surface area (Å²) in [5, 5.41) is 1.26. The first kappa shape index (κ1) is 10.7. The highest BCUT2D eigenvalue weighted by Gasteiger charge is 2.01. The van der Waals surface area contributed by atoms with Crippen molar-refractivity contribution in [2.24, 2.45) is 5.73 Å². The molecular weight excluding hydrogens is 252 g/mol. The number of benzene rings is 1. The third-order valence-corrected chi connectivity index (χ3v) is 3.27. The second-order valence-electron chi connectivity index (χ2n) is 3.76. The van der Waals surface area contributed by atoms with Crippen molar-refractivity contribution in [2.75, 3.05) is 6.54 Å². The molecule has 0 aliphatic heterocycles. The van der Waals surface area contributed by atoms with Crippen LogP contribution in [0.3, 0.4) is 0 Å². The molecule has 3 N–H and O–H groups in total. The zero-order valence-electron chi connectivity index (χ0n) is 8.59. The average molecular weight is 267 g/mol. The van der Waals surface area contributed by atoms with E-state index in [9.17, 15) is 0 Å². The van der Waals surface area contributed by atoms with Gasteiger partial charge >= 0.3 is 0 Å². The maximum atomic E-state index is 5.48. The number of rotatable bonds is 4. The number of halogens is 1. The van der Waals surface area contributed by atoms with Crippen LogP contribution in [-0.2, 0) is 6.42 Å². The molecule has 0 fully saturated rings. The molecule has 1 aromatic carbocycles. The van der Waals surface area contributed by atoms with Crippen molar-refractivity contribution in [1.29, 1.82) is 0 Å². The minimum absolute atomic E-state index is 0.788. The van der Waals surface area contributed by atoms with E-state index < -0.39 is 0 Å². The van der Waals surface area contributed by atoms with E-state index in [1.54, 1.807) is 0 Å².